The van der Waals surface area contributed by atoms with Gasteiger partial charge in [-0.3, -0.25) is 0 Å². The molecule has 2 aromatic carbocycles. The van der Waals surface area contributed by atoms with Crippen molar-refractivity contribution in [2.45, 2.75) is 19.4 Å². The molecule has 0 aromatic heterocycles. The Hall–Kier alpha value is -1.22. The van der Waals surface area contributed by atoms with Crippen LogP contribution in [0.15, 0.2) is 48.5 Å². The van der Waals surface area contributed by atoms with Gasteiger partial charge in [0.15, 0.2) is 0 Å². The maximum absolute atomic E-state index is 6.21. The summed E-state index contributed by atoms with van der Waals surface area (Å²) in [6.45, 7) is 3.82. The lowest BCUT2D eigenvalue weighted by Crippen LogP contribution is -2.25. The molecule has 2 rings (SSSR count). The van der Waals surface area contributed by atoms with Crippen molar-refractivity contribution < 1.29 is 4.74 Å². The molecule has 0 aliphatic heterocycles. The molecule has 0 radical (unpaired) electrons. The number of hydrogen-bond donors (Lipinski definition) is 1. The van der Waals surface area contributed by atoms with Crippen LogP contribution in [0.4, 0.5) is 0 Å². The minimum absolute atomic E-state index is 0.103. The third-order valence-electron chi connectivity index (χ3n) is 3.11. The molecule has 21 heavy (non-hydrogen) atoms. The van der Waals surface area contributed by atoms with Crippen molar-refractivity contribution in [3.8, 4) is 5.75 Å². The van der Waals surface area contributed by atoms with Crippen LogP contribution in [0, 0.1) is 0 Å². The van der Waals surface area contributed by atoms with Crippen molar-refractivity contribution in [1.29, 1.82) is 0 Å². The van der Waals surface area contributed by atoms with Gasteiger partial charge in [-0.05, 0) is 30.7 Å². The van der Waals surface area contributed by atoms with E-state index in [4.69, 9.17) is 27.9 Å². The molecule has 4 heteroatoms. The van der Waals surface area contributed by atoms with Gasteiger partial charge in [0.25, 0.3) is 0 Å². The third kappa shape index (κ3) is 4.63. The Morgan fingerprint density at radius 2 is 1.81 bits per heavy atom. The first-order valence-corrected chi connectivity index (χ1v) is 7.84. The van der Waals surface area contributed by atoms with Crippen molar-refractivity contribution in [3.63, 3.8) is 0 Å². The number of hydrogen-bond acceptors (Lipinski definition) is 2. The van der Waals surface area contributed by atoms with E-state index in [-0.39, 0.29) is 6.10 Å². The smallest absolute Gasteiger partial charge is 0.140 e. The lowest BCUT2D eigenvalue weighted by molar-refractivity contribution is 0.202. The summed E-state index contributed by atoms with van der Waals surface area (Å²) in [5, 5.41) is 4.34. The SMILES string of the molecule is CCCNCC(Oc1cccc(Cl)c1Cl)c1ccccc1. The monoisotopic (exact) mass is 323 g/mol. The summed E-state index contributed by atoms with van der Waals surface area (Å²) in [6.07, 6.45) is 0.980. The van der Waals surface area contributed by atoms with E-state index in [1.54, 1.807) is 6.07 Å². The molecule has 0 fully saturated rings. The van der Waals surface area contributed by atoms with E-state index < -0.39 is 0 Å². The van der Waals surface area contributed by atoms with E-state index in [0.717, 1.165) is 25.1 Å². The minimum Gasteiger partial charge on any atom is -0.483 e. The Balaban J connectivity index is 2.17. The van der Waals surface area contributed by atoms with Crippen LogP contribution >= 0.6 is 23.2 Å². The summed E-state index contributed by atoms with van der Waals surface area (Å²) in [4.78, 5) is 0. The lowest BCUT2D eigenvalue weighted by Gasteiger charge is -2.21. The van der Waals surface area contributed by atoms with Gasteiger partial charge in [0.05, 0.1) is 5.02 Å². The predicted molar refractivity (Wildman–Crippen MR) is 89.4 cm³/mol. The Morgan fingerprint density at radius 3 is 2.52 bits per heavy atom. The van der Waals surface area contributed by atoms with Crippen LogP contribution < -0.4 is 10.1 Å². The molecular formula is C17H19Cl2NO. The van der Waals surface area contributed by atoms with Crippen molar-refractivity contribution in [2.24, 2.45) is 0 Å². The molecule has 0 spiro atoms. The second-order valence-corrected chi connectivity index (χ2v) is 5.56. The molecule has 1 atom stereocenters. The molecule has 0 aliphatic carbocycles. The first-order valence-electron chi connectivity index (χ1n) is 7.08. The number of ether oxygens (including phenoxy) is 1. The molecular weight excluding hydrogens is 305 g/mol. The number of rotatable bonds is 7. The van der Waals surface area contributed by atoms with Crippen molar-refractivity contribution in [1.82, 2.24) is 5.32 Å². The van der Waals surface area contributed by atoms with E-state index in [0.29, 0.717) is 15.8 Å². The van der Waals surface area contributed by atoms with Crippen molar-refractivity contribution >= 4 is 23.2 Å². The van der Waals surface area contributed by atoms with Crippen molar-refractivity contribution in [2.75, 3.05) is 13.1 Å². The largest absolute Gasteiger partial charge is 0.483 e. The number of halogens is 2. The molecule has 2 aromatic rings. The zero-order chi connectivity index (χ0) is 15.1. The van der Waals surface area contributed by atoms with E-state index in [9.17, 15) is 0 Å². The van der Waals surface area contributed by atoms with Gasteiger partial charge < -0.3 is 10.1 Å². The molecule has 0 aliphatic rings. The highest BCUT2D eigenvalue weighted by Gasteiger charge is 2.15. The van der Waals surface area contributed by atoms with E-state index >= 15 is 0 Å². The average molecular weight is 324 g/mol. The Morgan fingerprint density at radius 1 is 1.05 bits per heavy atom. The lowest BCUT2D eigenvalue weighted by atomic mass is 10.1. The summed E-state index contributed by atoms with van der Waals surface area (Å²) in [5.74, 6) is 0.608. The number of nitrogens with one attached hydrogen (secondary N) is 1. The van der Waals surface area contributed by atoms with Gasteiger partial charge in [-0.1, -0.05) is 66.5 Å². The highest BCUT2D eigenvalue weighted by atomic mass is 35.5. The highest BCUT2D eigenvalue weighted by Crippen LogP contribution is 2.34. The van der Waals surface area contributed by atoms with Gasteiger partial charge >= 0.3 is 0 Å². The van der Waals surface area contributed by atoms with Gasteiger partial charge in [0.2, 0.25) is 0 Å². The topological polar surface area (TPSA) is 21.3 Å². The zero-order valence-corrected chi connectivity index (χ0v) is 13.5. The molecule has 0 saturated heterocycles. The van der Waals surface area contributed by atoms with Crippen LogP contribution in [0.1, 0.15) is 25.0 Å². The Labute approximate surface area is 136 Å². The van der Waals surface area contributed by atoms with E-state index in [1.807, 2.05) is 30.3 Å². The van der Waals surface area contributed by atoms with Gasteiger partial charge in [-0.15, -0.1) is 0 Å². The summed E-state index contributed by atoms with van der Waals surface area (Å²) in [7, 11) is 0. The minimum atomic E-state index is -0.103. The average Bonchev–Trinajstić information content (AvgIpc) is 2.51. The van der Waals surface area contributed by atoms with Crippen LogP contribution in [-0.4, -0.2) is 13.1 Å². The van der Waals surface area contributed by atoms with Gasteiger partial charge in [-0.2, -0.15) is 0 Å². The molecule has 1 N–H and O–H groups in total. The van der Waals surface area contributed by atoms with E-state index in [2.05, 4.69) is 24.4 Å². The van der Waals surface area contributed by atoms with Crippen LogP contribution in [0.2, 0.25) is 10.0 Å². The maximum atomic E-state index is 6.21. The predicted octanol–water partition coefficient (Wildman–Crippen LogP) is 5.11. The summed E-state index contributed by atoms with van der Waals surface area (Å²) in [5.41, 5.74) is 1.11. The summed E-state index contributed by atoms with van der Waals surface area (Å²) in [6, 6.07) is 15.5. The fraction of sp³-hybridized carbons (Fsp3) is 0.294. The van der Waals surface area contributed by atoms with Crippen LogP contribution in [-0.2, 0) is 0 Å². The zero-order valence-electron chi connectivity index (χ0n) is 12.0. The van der Waals surface area contributed by atoms with Gasteiger partial charge in [0.1, 0.15) is 16.9 Å². The normalized spacial score (nSPS) is 12.1. The maximum Gasteiger partial charge on any atom is 0.140 e. The molecule has 0 amide bonds. The first-order chi connectivity index (χ1) is 10.2. The fourth-order valence-corrected chi connectivity index (χ4v) is 2.37. The molecule has 0 saturated carbocycles. The Kier molecular flexibility index (Phi) is 6.37. The Bertz CT molecular complexity index is 560. The van der Waals surface area contributed by atoms with Gasteiger partial charge in [0, 0.05) is 6.54 Å². The van der Waals surface area contributed by atoms with E-state index in [1.165, 1.54) is 0 Å². The molecule has 2 nitrogen and oxygen atoms in total. The number of benzene rings is 2. The summed E-state index contributed by atoms with van der Waals surface area (Å²) >= 11 is 12.3. The fourth-order valence-electron chi connectivity index (χ4n) is 2.03. The molecule has 1 unspecified atom stereocenters. The molecule has 0 bridgehead atoms. The highest BCUT2D eigenvalue weighted by molar-refractivity contribution is 6.42. The van der Waals surface area contributed by atoms with Crippen LogP contribution in [0.3, 0.4) is 0 Å². The second kappa shape index (κ2) is 8.28. The quantitative estimate of drug-likeness (QED) is 0.714. The van der Waals surface area contributed by atoms with Crippen molar-refractivity contribution in [3.05, 3.63) is 64.1 Å². The summed E-state index contributed by atoms with van der Waals surface area (Å²) < 4.78 is 6.08. The third-order valence-corrected chi connectivity index (χ3v) is 3.91. The van der Waals surface area contributed by atoms with Gasteiger partial charge in [-0.25, -0.2) is 0 Å². The second-order valence-electron chi connectivity index (χ2n) is 4.77. The standard InChI is InChI=1S/C17H19Cl2NO/c1-2-11-20-12-16(13-7-4-3-5-8-13)21-15-10-6-9-14(18)17(15)19/h3-10,16,20H,2,11-12H2,1H3. The molecule has 112 valence electrons. The first kappa shape index (κ1) is 16.2. The molecule has 0 heterocycles. The van der Waals surface area contributed by atoms with Crippen LogP contribution in [0.5, 0.6) is 5.75 Å². The van der Waals surface area contributed by atoms with Crippen LogP contribution in [0.25, 0.3) is 0 Å².